The van der Waals surface area contributed by atoms with E-state index in [1.807, 2.05) is 0 Å². The predicted octanol–water partition coefficient (Wildman–Crippen LogP) is 2.33. The topological polar surface area (TPSA) is 95.9 Å². The number of amides is 2. The van der Waals surface area contributed by atoms with Gasteiger partial charge in [-0.1, -0.05) is 6.07 Å². The monoisotopic (exact) mass is 374 g/mol. The van der Waals surface area contributed by atoms with Crippen LogP contribution in [0, 0.1) is 11.6 Å². The Bertz CT molecular complexity index is 980. The summed E-state index contributed by atoms with van der Waals surface area (Å²) in [5.41, 5.74) is -0.128. The number of anilines is 2. The second kappa shape index (κ2) is 6.87. The minimum atomic E-state index is -1.22. The van der Waals surface area contributed by atoms with Crippen molar-refractivity contribution in [2.24, 2.45) is 0 Å². The summed E-state index contributed by atoms with van der Waals surface area (Å²) in [6, 6.07) is 7.22. The van der Waals surface area contributed by atoms with E-state index in [0.717, 1.165) is 23.1 Å². The molecule has 3 rings (SSSR count). The molecule has 1 aliphatic heterocycles. The average Bonchev–Trinajstić information content (AvgIpc) is 2.92. The molecular weight excluding hydrogens is 362 g/mol. The summed E-state index contributed by atoms with van der Waals surface area (Å²) in [7, 11) is 1.20. The van der Waals surface area contributed by atoms with Gasteiger partial charge >= 0.3 is 5.97 Å². The van der Waals surface area contributed by atoms with Crippen LogP contribution >= 0.6 is 0 Å². The first-order valence-electron chi connectivity index (χ1n) is 7.55. The Balaban J connectivity index is 1.87. The first-order chi connectivity index (χ1) is 12.8. The summed E-state index contributed by atoms with van der Waals surface area (Å²) in [6.45, 7) is 0. The third-order valence-corrected chi connectivity index (χ3v) is 3.74. The van der Waals surface area contributed by atoms with Crippen LogP contribution in [-0.4, -0.2) is 30.0 Å². The molecule has 1 aliphatic rings. The molecule has 1 heterocycles. The first kappa shape index (κ1) is 18.1. The van der Waals surface area contributed by atoms with E-state index in [1.54, 1.807) is 0 Å². The van der Waals surface area contributed by atoms with Crippen molar-refractivity contribution in [2.45, 2.75) is 0 Å². The highest BCUT2D eigenvalue weighted by atomic mass is 19.1. The molecule has 7 nitrogen and oxygen atoms in total. The van der Waals surface area contributed by atoms with Gasteiger partial charge < -0.3 is 15.2 Å². The minimum absolute atomic E-state index is 0.129. The molecule has 9 heteroatoms. The number of hydrogen-bond acceptors (Lipinski definition) is 6. The van der Waals surface area contributed by atoms with E-state index in [2.05, 4.69) is 10.1 Å². The van der Waals surface area contributed by atoms with Crippen LogP contribution in [0.3, 0.4) is 0 Å². The van der Waals surface area contributed by atoms with E-state index < -0.39 is 35.2 Å². The number of benzene rings is 2. The summed E-state index contributed by atoms with van der Waals surface area (Å²) in [4.78, 5) is 37.1. The lowest BCUT2D eigenvalue weighted by Gasteiger charge is -2.16. The number of ether oxygens (including phenoxy) is 1. The quantitative estimate of drug-likeness (QED) is 0.485. The van der Waals surface area contributed by atoms with Crippen LogP contribution in [0.2, 0.25) is 0 Å². The number of rotatable bonds is 4. The molecule has 2 aromatic carbocycles. The van der Waals surface area contributed by atoms with Gasteiger partial charge in [0.1, 0.15) is 5.70 Å². The number of phenols is 1. The lowest BCUT2D eigenvalue weighted by molar-refractivity contribution is -0.120. The number of esters is 1. The molecule has 0 radical (unpaired) electrons. The van der Waals surface area contributed by atoms with Crippen LogP contribution in [-0.2, 0) is 14.3 Å². The Morgan fingerprint density at radius 2 is 1.81 bits per heavy atom. The number of nitrogens with one attached hydrogen (secondary N) is 1. The molecule has 0 spiro atoms. The number of phenolic OH excluding ortho intramolecular Hbond substituents is 1. The number of halogens is 2. The van der Waals surface area contributed by atoms with Crippen LogP contribution in [0.4, 0.5) is 20.2 Å². The second-order valence-corrected chi connectivity index (χ2v) is 5.49. The Morgan fingerprint density at radius 1 is 1.15 bits per heavy atom. The molecule has 2 amide bonds. The number of methoxy groups -OCH3 is 1. The SMILES string of the molecule is COC(=O)c1cccc(N2C(=O)C=C(Nc3cc(F)c(O)c(F)c3)C2=O)c1. The number of imide groups is 1. The van der Waals surface area contributed by atoms with Crippen molar-refractivity contribution in [3.05, 3.63) is 65.4 Å². The zero-order chi connectivity index (χ0) is 19.7. The molecule has 0 fully saturated rings. The van der Waals surface area contributed by atoms with E-state index in [1.165, 1.54) is 31.4 Å². The van der Waals surface area contributed by atoms with Crippen LogP contribution < -0.4 is 10.2 Å². The minimum Gasteiger partial charge on any atom is -0.503 e. The normalized spacial score (nSPS) is 13.6. The summed E-state index contributed by atoms with van der Waals surface area (Å²) in [5.74, 6) is -5.72. The second-order valence-electron chi connectivity index (χ2n) is 5.49. The number of hydrogen-bond donors (Lipinski definition) is 2. The van der Waals surface area contributed by atoms with Crippen molar-refractivity contribution in [1.82, 2.24) is 0 Å². The number of carbonyl (C=O) groups is 3. The van der Waals surface area contributed by atoms with Crippen LogP contribution in [0.1, 0.15) is 10.4 Å². The number of aromatic hydroxyl groups is 1. The van der Waals surface area contributed by atoms with E-state index >= 15 is 0 Å². The molecule has 138 valence electrons. The molecule has 2 N–H and O–H groups in total. The fourth-order valence-corrected chi connectivity index (χ4v) is 2.49. The standard InChI is InChI=1S/C18H12F2N2O5/c1-27-18(26)9-3-2-4-11(5-9)22-15(23)8-14(17(22)25)21-10-6-12(19)16(24)13(20)7-10/h2-8,21,24H,1H3. The van der Waals surface area contributed by atoms with Crippen molar-refractivity contribution in [3.63, 3.8) is 0 Å². The molecular formula is C18H12F2N2O5. The maximum Gasteiger partial charge on any atom is 0.337 e. The molecule has 0 saturated heterocycles. The van der Waals surface area contributed by atoms with Crippen molar-refractivity contribution in [3.8, 4) is 5.75 Å². The Labute approximate surface area is 151 Å². The summed E-state index contributed by atoms with van der Waals surface area (Å²) >= 11 is 0. The molecule has 0 aliphatic carbocycles. The van der Waals surface area contributed by atoms with Crippen molar-refractivity contribution < 1.29 is 33.0 Å². The third kappa shape index (κ3) is 3.34. The van der Waals surface area contributed by atoms with Gasteiger partial charge in [-0.2, -0.15) is 0 Å². The molecule has 0 unspecified atom stereocenters. The maximum atomic E-state index is 13.4. The zero-order valence-electron chi connectivity index (χ0n) is 13.8. The van der Waals surface area contributed by atoms with Gasteiger partial charge in [-0.25, -0.2) is 18.5 Å². The molecule has 0 aromatic heterocycles. The Hall–Kier alpha value is -3.75. The molecule has 2 aromatic rings. The fourth-order valence-electron chi connectivity index (χ4n) is 2.49. The van der Waals surface area contributed by atoms with Gasteiger partial charge in [0, 0.05) is 23.9 Å². The highest BCUT2D eigenvalue weighted by molar-refractivity contribution is 6.31. The summed E-state index contributed by atoms with van der Waals surface area (Å²) in [6.07, 6.45) is 0.954. The molecule has 27 heavy (non-hydrogen) atoms. The highest BCUT2D eigenvalue weighted by Gasteiger charge is 2.33. The van der Waals surface area contributed by atoms with Gasteiger partial charge in [-0.3, -0.25) is 9.59 Å². The average molecular weight is 374 g/mol. The fraction of sp³-hybridized carbons (Fsp3) is 0.0556. The van der Waals surface area contributed by atoms with E-state index in [4.69, 9.17) is 5.11 Å². The van der Waals surface area contributed by atoms with Gasteiger partial charge in [-0.05, 0) is 18.2 Å². The van der Waals surface area contributed by atoms with E-state index in [-0.39, 0.29) is 22.6 Å². The first-order valence-corrected chi connectivity index (χ1v) is 7.55. The summed E-state index contributed by atoms with van der Waals surface area (Å²) in [5, 5.41) is 11.6. The molecule has 0 saturated carbocycles. The molecule has 0 bridgehead atoms. The Kier molecular flexibility index (Phi) is 4.59. The molecule has 0 atom stereocenters. The van der Waals surface area contributed by atoms with Crippen molar-refractivity contribution in [2.75, 3.05) is 17.3 Å². The van der Waals surface area contributed by atoms with E-state index in [9.17, 15) is 23.2 Å². The largest absolute Gasteiger partial charge is 0.503 e. The number of carbonyl (C=O) groups excluding carboxylic acids is 3. The van der Waals surface area contributed by atoms with Crippen molar-refractivity contribution >= 4 is 29.2 Å². The predicted molar refractivity (Wildman–Crippen MR) is 90.0 cm³/mol. The van der Waals surface area contributed by atoms with Crippen LogP contribution in [0.25, 0.3) is 0 Å². The number of nitrogens with zero attached hydrogens (tertiary/aromatic N) is 1. The zero-order valence-corrected chi connectivity index (χ0v) is 13.8. The van der Waals surface area contributed by atoms with Gasteiger partial charge in [-0.15, -0.1) is 0 Å². The van der Waals surface area contributed by atoms with E-state index in [0.29, 0.717) is 0 Å². The van der Waals surface area contributed by atoms with Crippen LogP contribution in [0.15, 0.2) is 48.2 Å². The lowest BCUT2D eigenvalue weighted by Crippen LogP contribution is -2.32. The van der Waals surface area contributed by atoms with Crippen LogP contribution in [0.5, 0.6) is 5.75 Å². The van der Waals surface area contributed by atoms with Gasteiger partial charge in [0.15, 0.2) is 17.4 Å². The highest BCUT2D eigenvalue weighted by Crippen LogP contribution is 2.28. The Morgan fingerprint density at radius 3 is 2.44 bits per heavy atom. The lowest BCUT2D eigenvalue weighted by atomic mass is 10.2. The van der Waals surface area contributed by atoms with Gasteiger partial charge in [0.2, 0.25) is 0 Å². The van der Waals surface area contributed by atoms with Gasteiger partial charge in [0.05, 0.1) is 18.4 Å². The third-order valence-electron chi connectivity index (χ3n) is 3.74. The van der Waals surface area contributed by atoms with Crippen molar-refractivity contribution in [1.29, 1.82) is 0 Å². The maximum absolute atomic E-state index is 13.4. The smallest absolute Gasteiger partial charge is 0.337 e. The van der Waals surface area contributed by atoms with Gasteiger partial charge in [0.25, 0.3) is 11.8 Å². The summed E-state index contributed by atoms with van der Waals surface area (Å²) < 4.78 is 31.5.